The number of nitrogens with two attached hydrogens (primary N) is 1. The van der Waals surface area contributed by atoms with Crippen LogP contribution in [0.5, 0.6) is 5.75 Å². The molecule has 6 heteroatoms. The van der Waals surface area contributed by atoms with Crippen molar-refractivity contribution in [1.29, 1.82) is 0 Å². The molecule has 0 saturated carbocycles. The van der Waals surface area contributed by atoms with Crippen molar-refractivity contribution in [3.05, 3.63) is 65.2 Å². The largest absolute Gasteiger partial charge is 0.507 e. The van der Waals surface area contributed by atoms with E-state index in [9.17, 15) is 15.0 Å². The third-order valence-electron chi connectivity index (χ3n) is 3.91. The maximum Gasteiger partial charge on any atom is 0.252 e. The van der Waals surface area contributed by atoms with E-state index >= 15 is 0 Å². The fourth-order valence-electron chi connectivity index (χ4n) is 2.42. The average Bonchev–Trinajstić information content (AvgIpc) is 2.61. The van der Waals surface area contributed by atoms with Crippen LogP contribution in [0.3, 0.4) is 0 Å². The van der Waals surface area contributed by atoms with E-state index in [2.05, 4.69) is 17.6 Å². The first-order valence-corrected chi connectivity index (χ1v) is 8.20. The highest BCUT2D eigenvalue weighted by Crippen LogP contribution is 2.22. The average molecular weight is 344 g/mol. The molecule has 2 aromatic carbocycles. The Hall–Kier alpha value is -2.41. The van der Waals surface area contributed by atoms with Gasteiger partial charge in [0.05, 0.1) is 24.3 Å². The number of primary amides is 1. The summed E-state index contributed by atoms with van der Waals surface area (Å²) in [6.07, 6.45) is 0.845. The second-order valence-corrected chi connectivity index (χ2v) is 5.96. The number of hydrogen-bond donors (Lipinski definition) is 4. The molecule has 0 fully saturated rings. The highest BCUT2D eigenvalue weighted by molar-refractivity contribution is 5.95. The van der Waals surface area contributed by atoms with Gasteiger partial charge < -0.3 is 15.9 Å². The second kappa shape index (κ2) is 9.17. The molecule has 0 saturated heterocycles. The monoisotopic (exact) mass is 344 g/mol. The maximum atomic E-state index is 11.2. The minimum atomic E-state index is -0.889. The summed E-state index contributed by atoms with van der Waals surface area (Å²) in [5.41, 5.74) is 9.64. The fourth-order valence-corrected chi connectivity index (χ4v) is 2.42. The Morgan fingerprint density at radius 2 is 1.96 bits per heavy atom. The molecule has 0 heterocycles. The molecule has 2 unspecified atom stereocenters. The van der Waals surface area contributed by atoms with Crippen molar-refractivity contribution in [2.24, 2.45) is 5.73 Å². The van der Waals surface area contributed by atoms with E-state index in [0.29, 0.717) is 5.56 Å². The van der Waals surface area contributed by atoms with Gasteiger partial charge in [-0.1, -0.05) is 36.4 Å². The van der Waals surface area contributed by atoms with Crippen molar-refractivity contribution in [2.75, 3.05) is 6.54 Å². The molecule has 0 radical (unpaired) electrons. The fraction of sp³-hybridized carbons (Fsp3) is 0.316. The molecule has 0 bridgehead atoms. The molecule has 134 valence electrons. The van der Waals surface area contributed by atoms with Gasteiger partial charge in [0.1, 0.15) is 5.75 Å². The van der Waals surface area contributed by atoms with Crippen LogP contribution in [-0.4, -0.2) is 28.8 Å². The van der Waals surface area contributed by atoms with Crippen LogP contribution < -0.4 is 11.2 Å². The third kappa shape index (κ3) is 5.86. The molecule has 0 aliphatic heterocycles. The minimum absolute atomic E-state index is 0.0197. The Labute approximate surface area is 147 Å². The van der Waals surface area contributed by atoms with E-state index in [0.717, 1.165) is 12.8 Å². The number of hydroxylamine groups is 1. The van der Waals surface area contributed by atoms with Crippen LogP contribution in [0.2, 0.25) is 0 Å². The summed E-state index contributed by atoms with van der Waals surface area (Å²) in [6, 6.07) is 14.4. The zero-order chi connectivity index (χ0) is 18.2. The van der Waals surface area contributed by atoms with Gasteiger partial charge in [-0.2, -0.15) is 5.48 Å². The van der Waals surface area contributed by atoms with E-state index in [1.54, 1.807) is 0 Å². The summed E-state index contributed by atoms with van der Waals surface area (Å²) in [5.74, 6) is -0.951. The van der Waals surface area contributed by atoms with Crippen LogP contribution in [0, 0.1) is 0 Å². The number of hydrogen-bond acceptors (Lipinski definition) is 5. The highest BCUT2D eigenvalue weighted by Gasteiger charge is 2.14. The van der Waals surface area contributed by atoms with Crippen LogP contribution in [0.25, 0.3) is 0 Å². The Morgan fingerprint density at radius 1 is 1.24 bits per heavy atom. The quantitative estimate of drug-likeness (QED) is 0.521. The molecule has 0 spiro atoms. The lowest BCUT2D eigenvalue weighted by Crippen LogP contribution is -2.27. The van der Waals surface area contributed by atoms with Crippen molar-refractivity contribution in [3.63, 3.8) is 0 Å². The molecule has 0 aliphatic rings. The molecule has 0 aliphatic carbocycles. The first-order valence-electron chi connectivity index (χ1n) is 8.20. The molecule has 2 aromatic rings. The topological polar surface area (TPSA) is 105 Å². The van der Waals surface area contributed by atoms with E-state index in [1.807, 2.05) is 25.1 Å². The smallest absolute Gasteiger partial charge is 0.252 e. The molecule has 1 amide bonds. The number of amides is 1. The van der Waals surface area contributed by atoms with Gasteiger partial charge in [-0.3, -0.25) is 9.63 Å². The summed E-state index contributed by atoms with van der Waals surface area (Å²) >= 11 is 0. The number of aliphatic hydroxyl groups excluding tert-OH is 1. The summed E-state index contributed by atoms with van der Waals surface area (Å²) < 4.78 is 0. The number of phenols is 1. The van der Waals surface area contributed by atoms with Crippen molar-refractivity contribution in [1.82, 2.24) is 5.48 Å². The van der Waals surface area contributed by atoms with E-state index in [4.69, 9.17) is 10.6 Å². The van der Waals surface area contributed by atoms with E-state index < -0.39 is 12.0 Å². The summed E-state index contributed by atoms with van der Waals surface area (Å²) in [7, 11) is 0. The van der Waals surface area contributed by atoms with Crippen molar-refractivity contribution < 1.29 is 19.8 Å². The van der Waals surface area contributed by atoms with Gasteiger partial charge >= 0.3 is 0 Å². The van der Waals surface area contributed by atoms with Crippen molar-refractivity contribution >= 4 is 5.91 Å². The lowest BCUT2D eigenvalue weighted by atomic mass is 10.0. The van der Waals surface area contributed by atoms with Gasteiger partial charge in [-0.15, -0.1) is 0 Å². The number of benzene rings is 2. The predicted molar refractivity (Wildman–Crippen MR) is 94.9 cm³/mol. The van der Waals surface area contributed by atoms with Gasteiger partial charge in [0.15, 0.2) is 0 Å². The lowest BCUT2D eigenvalue weighted by Gasteiger charge is -2.17. The van der Waals surface area contributed by atoms with E-state index in [-0.39, 0.29) is 24.0 Å². The molecule has 2 atom stereocenters. The van der Waals surface area contributed by atoms with Crippen LogP contribution in [0.1, 0.15) is 40.9 Å². The SMILES string of the molecule is CC(CCc1ccccc1)ONCC(O)c1ccc(O)c(C(N)=O)c1. The van der Waals surface area contributed by atoms with Crippen molar-refractivity contribution in [2.45, 2.75) is 32.0 Å². The Morgan fingerprint density at radius 3 is 2.64 bits per heavy atom. The van der Waals surface area contributed by atoms with E-state index in [1.165, 1.54) is 23.8 Å². The Bertz CT molecular complexity index is 691. The zero-order valence-electron chi connectivity index (χ0n) is 14.2. The van der Waals surface area contributed by atoms with Gasteiger partial charge in [-0.05, 0) is 43.0 Å². The van der Waals surface area contributed by atoms with Crippen LogP contribution in [-0.2, 0) is 11.3 Å². The number of aromatic hydroxyl groups is 1. The molecular weight excluding hydrogens is 320 g/mol. The normalized spacial score (nSPS) is 13.4. The first-order chi connectivity index (χ1) is 12.0. The predicted octanol–water partition coefficient (Wildman–Crippen LogP) is 2.07. The zero-order valence-corrected chi connectivity index (χ0v) is 14.2. The third-order valence-corrected chi connectivity index (χ3v) is 3.91. The van der Waals surface area contributed by atoms with Gasteiger partial charge in [0, 0.05) is 0 Å². The molecule has 6 nitrogen and oxygen atoms in total. The Kier molecular flexibility index (Phi) is 6.94. The summed E-state index contributed by atoms with van der Waals surface area (Å²) in [4.78, 5) is 16.7. The standard InChI is InChI=1S/C19H24N2O4/c1-13(7-8-14-5-3-2-4-6-14)25-21-12-18(23)15-9-10-17(22)16(11-15)19(20)24/h2-6,9-11,13,18,21-23H,7-8,12H2,1H3,(H2,20,24). The first kappa shape index (κ1) is 18.9. The molecule has 2 rings (SSSR count). The number of aliphatic hydroxyl groups is 1. The van der Waals surface area contributed by atoms with Crippen LogP contribution in [0.15, 0.2) is 48.5 Å². The van der Waals surface area contributed by atoms with Crippen LogP contribution >= 0.6 is 0 Å². The Balaban J connectivity index is 1.77. The molecule has 0 aromatic heterocycles. The molecular formula is C19H24N2O4. The lowest BCUT2D eigenvalue weighted by molar-refractivity contribution is -0.0354. The molecule has 25 heavy (non-hydrogen) atoms. The number of rotatable bonds is 9. The van der Waals surface area contributed by atoms with Crippen molar-refractivity contribution in [3.8, 4) is 5.75 Å². The summed E-state index contributed by atoms with van der Waals surface area (Å²) in [5, 5.41) is 19.7. The minimum Gasteiger partial charge on any atom is -0.507 e. The number of aryl methyl sites for hydroxylation is 1. The van der Waals surface area contributed by atoms with Gasteiger partial charge in [0.25, 0.3) is 5.91 Å². The summed E-state index contributed by atoms with van der Waals surface area (Å²) in [6.45, 7) is 2.10. The number of carbonyl (C=O) groups excluding carboxylic acids is 1. The van der Waals surface area contributed by atoms with Gasteiger partial charge in [0.2, 0.25) is 0 Å². The maximum absolute atomic E-state index is 11.2. The second-order valence-electron chi connectivity index (χ2n) is 5.96. The van der Waals surface area contributed by atoms with Gasteiger partial charge in [-0.25, -0.2) is 0 Å². The number of carbonyl (C=O) groups is 1. The number of nitrogens with one attached hydrogen (secondary N) is 1. The highest BCUT2D eigenvalue weighted by atomic mass is 16.7. The van der Waals surface area contributed by atoms with Crippen LogP contribution in [0.4, 0.5) is 0 Å². The molecule has 5 N–H and O–H groups in total.